The highest BCUT2D eigenvalue weighted by molar-refractivity contribution is 7.89. The molecule has 9 heteroatoms. The Labute approximate surface area is 220 Å². The first-order valence-electron chi connectivity index (χ1n) is 11.6. The molecule has 0 aliphatic carbocycles. The summed E-state index contributed by atoms with van der Waals surface area (Å²) in [6.07, 6.45) is -0.627. The van der Waals surface area contributed by atoms with Crippen LogP contribution in [0.4, 0.5) is 11.4 Å². The summed E-state index contributed by atoms with van der Waals surface area (Å²) in [5.41, 5.74) is 2.67. The van der Waals surface area contributed by atoms with Gasteiger partial charge in [0.1, 0.15) is 16.8 Å². The van der Waals surface area contributed by atoms with Gasteiger partial charge in [-0.3, -0.25) is 4.79 Å². The molecule has 7 nitrogen and oxygen atoms in total. The average Bonchev–Trinajstić information content (AvgIpc) is 2.91. The minimum absolute atomic E-state index is 0.200. The maximum absolute atomic E-state index is 13.6. The Morgan fingerprint density at radius 1 is 0.892 bits per heavy atom. The zero-order chi connectivity index (χ0) is 25.8. The molecule has 0 fully saturated rings. The zero-order valence-corrected chi connectivity index (χ0v) is 21.2. The first-order chi connectivity index (χ1) is 17.9. The van der Waals surface area contributed by atoms with Crippen LogP contribution in [-0.4, -0.2) is 25.2 Å². The number of carbonyl (C=O) groups excluding carboxylic acids is 1. The molecule has 2 N–H and O–H groups in total. The Morgan fingerprint density at radius 2 is 1.57 bits per heavy atom. The van der Waals surface area contributed by atoms with Crippen LogP contribution >= 0.6 is 11.6 Å². The highest BCUT2D eigenvalue weighted by Crippen LogP contribution is 2.39. The number of nitrogens with one attached hydrogen (secondary N) is 2. The van der Waals surface area contributed by atoms with E-state index in [2.05, 4.69) is 10.6 Å². The number of anilines is 2. The Balaban J connectivity index is 1.34. The third kappa shape index (κ3) is 5.46. The molecule has 1 atom stereocenters. The van der Waals surface area contributed by atoms with Gasteiger partial charge in [0.2, 0.25) is 10.0 Å². The number of halogens is 1. The van der Waals surface area contributed by atoms with Gasteiger partial charge in [0.05, 0.1) is 16.4 Å². The summed E-state index contributed by atoms with van der Waals surface area (Å²) in [6.45, 7) is 0.00375. The molecule has 188 valence electrons. The first-order valence-corrected chi connectivity index (χ1v) is 13.4. The number of hydrogen-bond donors (Lipinski definition) is 2. The maximum atomic E-state index is 13.6. The molecule has 5 rings (SSSR count). The van der Waals surface area contributed by atoms with E-state index in [0.29, 0.717) is 22.1 Å². The SMILES string of the molecule is O=C(COc1ccc([C@@H]2Nc3ccccc3S(=O)(=O)N2Cc2ccccc2)cc1)Nc1ccccc1Cl. The quantitative estimate of drug-likeness (QED) is 0.319. The second kappa shape index (κ2) is 10.6. The van der Waals surface area contributed by atoms with Crippen molar-refractivity contribution >= 4 is 38.9 Å². The summed E-state index contributed by atoms with van der Waals surface area (Å²) in [6, 6.07) is 30.3. The molecule has 0 aromatic heterocycles. The van der Waals surface area contributed by atoms with Gasteiger partial charge in [0, 0.05) is 6.54 Å². The van der Waals surface area contributed by atoms with E-state index < -0.39 is 16.2 Å². The zero-order valence-electron chi connectivity index (χ0n) is 19.7. The fraction of sp³-hybridized carbons (Fsp3) is 0.107. The lowest BCUT2D eigenvalue weighted by molar-refractivity contribution is -0.118. The van der Waals surface area contributed by atoms with Crippen molar-refractivity contribution in [2.75, 3.05) is 17.2 Å². The molecular formula is C28H24ClN3O4S. The van der Waals surface area contributed by atoms with Crippen LogP contribution in [0.25, 0.3) is 0 Å². The van der Waals surface area contributed by atoms with Gasteiger partial charge in [0.25, 0.3) is 5.91 Å². The second-order valence-corrected chi connectivity index (χ2v) is 10.7. The van der Waals surface area contributed by atoms with E-state index in [4.69, 9.17) is 16.3 Å². The summed E-state index contributed by atoms with van der Waals surface area (Å²) >= 11 is 6.08. The fourth-order valence-corrected chi connectivity index (χ4v) is 5.99. The minimum Gasteiger partial charge on any atom is -0.484 e. The first kappa shape index (κ1) is 24.8. The van der Waals surface area contributed by atoms with E-state index in [1.807, 2.05) is 30.3 Å². The molecule has 4 aromatic carbocycles. The van der Waals surface area contributed by atoms with E-state index in [-0.39, 0.29) is 24.0 Å². The van der Waals surface area contributed by atoms with Crippen molar-refractivity contribution in [3.05, 3.63) is 119 Å². The van der Waals surface area contributed by atoms with Crippen LogP contribution in [0.2, 0.25) is 5.02 Å². The monoisotopic (exact) mass is 533 g/mol. The smallest absolute Gasteiger partial charge is 0.262 e. The molecule has 0 saturated carbocycles. The number of nitrogens with zero attached hydrogens (tertiary/aromatic N) is 1. The minimum atomic E-state index is -3.77. The molecular weight excluding hydrogens is 510 g/mol. The van der Waals surface area contributed by atoms with Crippen molar-refractivity contribution < 1.29 is 17.9 Å². The number of sulfonamides is 1. The topological polar surface area (TPSA) is 87.7 Å². The summed E-state index contributed by atoms with van der Waals surface area (Å²) in [5.74, 6) is 0.134. The number of rotatable bonds is 7. The van der Waals surface area contributed by atoms with Crippen LogP contribution in [0.3, 0.4) is 0 Å². The van der Waals surface area contributed by atoms with Gasteiger partial charge in [-0.05, 0) is 47.5 Å². The Bertz CT molecular complexity index is 1510. The Kier molecular flexibility index (Phi) is 7.14. The number of amides is 1. The van der Waals surface area contributed by atoms with E-state index in [1.54, 1.807) is 72.8 Å². The molecule has 0 radical (unpaired) electrons. The predicted octanol–water partition coefficient (Wildman–Crippen LogP) is 5.67. The summed E-state index contributed by atoms with van der Waals surface area (Å²) < 4.78 is 34.3. The van der Waals surface area contributed by atoms with Crippen LogP contribution in [0.15, 0.2) is 108 Å². The lowest BCUT2D eigenvalue weighted by Crippen LogP contribution is -2.42. The molecule has 0 saturated heterocycles. The number of hydrogen-bond acceptors (Lipinski definition) is 5. The van der Waals surface area contributed by atoms with Crippen LogP contribution in [0.5, 0.6) is 5.75 Å². The summed E-state index contributed by atoms with van der Waals surface area (Å²) in [7, 11) is -3.77. The van der Waals surface area contributed by atoms with Crippen LogP contribution in [-0.2, 0) is 21.4 Å². The van der Waals surface area contributed by atoms with E-state index in [1.165, 1.54) is 4.31 Å². The van der Waals surface area contributed by atoms with Gasteiger partial charge in [-0.25, -0.2) is 8.42 Å². The number of para-hydroxylation sites is 2. The highest BCUT2D eigenvalue weighted by atomic mass is 35.5. The third-order valence-electron chi connectivity index (χ3n) is 5.95. The standard InChI is InChI=1S/C28H24ClN3O4S/c29-23-10-4-5-11-24(23)30-27(33)19-36-22-16-14-21(15-17-22)28-31-25-12-6-7-13-26(25)37(34,35)32(28)18-20-8-2-1-3-9-20/h1-17,28,31H,18-19H2,(H,30,33)/t28-/m1/s1. The number of benzene rings is 4. The molecule has 37 heavy (non-hydrogen) atoms. The van der Waals surface area contributed by atoms with Crippen molar-refractivity contribution in [2.45, 2.75) is 17.6 Å². The molecule has 1 aliphatic heterocycles. The van der Waals surface area contributed by atoms with Crippen LogP contribution in [0, 0.1) is 0 Å². The van der Waals surface area contributed by atoms with Gasteiger partial charge >= 0.3 is 0 Å². The van der Waals surface area contributed by atoms with Gasteiger partial charge in [-0.2, -0.15) is 4.31 Å². The Morgan fingerprint density at radius 3 is 2.32 bits per heavy atom. The van der Waals surface area contributed by atoms with Crippen molar-refractivity contribution in [3.63, 3.8) is 0 Å². The van der Waals surface area contributed by atoms with Crippen molar-refractivity contribution in [2.24, 2.45) is 0 Å². The van der Waals surface area contributed by atoms with Crippen LogP contribution in [0.1, 0.15) is 17.3 Å². The summed E-state index contributed by atoms with van der Waals surface area (Å²) in [5, 5.41) is 6.52. The molecule has 4 aromatic rings. The van der Waals surface area contributed by atoms with E-state index >= 15 is 0 Å². The molecule has 1 heterocycles. The molecule has 0 spiro atoms. The van der Waals surface area contributed by atoms with Crippen molar-refractivity contribution in [1.29, 1.82) is 0 Å². The molecule has 0 unspecified atom stereocenters. The largest absolute Gasteiger partial charge is 0.484 e. The van der Waals surface area contributed by atoms with Crippen LogP contribution < -0.4 is 15.4 Å². The van der Waals surface area contributed by atoms with Gasteiger partial charge in [-0.15, -0.1) is 0 Å². The molecule has 1 aliphatic rings. The number of carbonyl (C=O) groups is 1. The highest BCUT2D eigenvalue weighted by Gasteiger charge is 2.38. The summed E-state index contributed by atoms with van der Waals surface area (Å²) in [4.78, 5) is 12.5. The normalized spacial score (nSPS) is 16.3. The Hall–Kier alpha value is -3.85. The molecule has 1 amide bonds. The maximum Gasteiger partial charge on any atom is 0.262 e. The number of ether oxygens (including phenoxy) is 1. The van der Waals surface area contributed by atoms with Gasteiger partial charge in [-0.1, -0.05) is 78.3 Å². The van der Waals surface area contributed by atoms with Gasteiger partial charge < -0.3 is 15.4 Å². The van der Waals surface area contributed by atoms with E-state index in [0.717, 1.165) is 11.1 Å². The van der Waals surface area contributed by atoms with Crippen molar-refractivity contribution in [1.82, 2.24) is 4.31 Å². The number of fused-ring (bicyclic) bond motifs is 1. The molecule has 0 bridgehead atoms. The lowest BCUT2D eigenvalue weighted by atomic mass is 10.1. The van der Waals surface area contributed by atoms with Crippen molar-refractivity contribution in [3.8, 4) is 5.75 Å². The average molecular weight is 534 g/mol. The van der Waals surface area contributed by atoms with Gasteiger partial charge in [0.15, 0.2) is 6.61 Å². The second-order valence-electron chi connectivity index (χ2n) is 8.46. The fourth-order valence-electron chi connectivity index (χ4n) is 4.13. The lowest BCUT2D eigenvalue weighted by Gasteiger charge is -2.37. The predicted molar refractivity (Wildman–Crippen MR) is 144 cm³/mol. The third-order valence-corrected chi connectivity index (χ3v) is 8.15. The van der Waals surface area contributed by atoms with E-state index in [9.17, 15) is 13.2 Å².